The smallest absolute Gasteiger partial charge is 0.251 e. The van der Waals surface area contributed by atoms with E-state index in [1.54, 1.807) is 54.7 Å². The monoisotopic (exact) mass is 580 g/mol. The molecule has 1 atom stereocenters. The van der Waals surface area contributed by atoms with Gasteiger partial charge in [0.25, 0.3) is 5.56 Å². The Morgan fingerprint density at radius 1 is 1.05 bits per heavy atom. The Morgan fingerprint density at radius 2 is 1.79 bits per heavy atom. The van der Waals surface area contributed by atoms with Gasteiger partial charge in [-0.25, -0.2) is 0 Å². The number of anilines is 1. The highest BCUT2D eigenvalue weighted by atomic mass is 35.5. The van der Waals surface area contributed by atoms with Crippen LogP contribution in [0.5, 0.6) is 0 Å². The summed E-state index contributed by atoms with van der Waals surface area (Å²) >= 11 is 6.14. The van der Waals surface area contributed by atoms with Crippen molar-refractivity contribution >= 4 is 23.2 Å². The van der Waals surface area contributed by atoms with E-state index in [0.717, 1.165) is 17.7 Å². The summed E-state index contributed by atoms with van der Waals surface area (Å²) in [4.78, 5) is 26.8. The molecule has 11 heteroatoms. The lowest BCUT2D eigenvalue weighted by Gasteiger charge is -2.20. The second-order valence-corrected chi connectivity index (χ2v) is 9.61. The number of nitrogens with one attached hydrogen (secondary N) is 3. The van der Waals surface area contributed by atoms with Gasteiger partial charge in [0.15, 0.2) is 0 Å². The topological polar surface area (TPSA) is 141 Å². The molecule has 1 amide bonds. The van der Waals surface area contributed by atoms with E-state index in [9.17, 15) is 14.9 Å². The number of benzene rings is 3. The van der Waals surface area contributed by atoms with Crippen molar-refractivity contribution in [3.8, 4) is 28.6 Å². The fraction of sp³-hybridized carbons (Fsp3) is 0.161. The van der Waals surface area contributed by atoms with Crippen molar-refractivity contribution in [3.63, 3.8) is 0 Å². The Hall–Kier alpha value is -5.11. The third-order valence-electron chi connectivity index (χ3n) is 6.38. The largest absolute Gasteiger partial charge is 0.324 e. The molecule has 5 aromatic rings. The molecule has 0 aliphatic rings. The first-order chi connectivity index (χ1) is 20.4. The minimum atomic E-state index is -0.828. The Balaban J connectivity index is 0.000000952. The second-order valence-electron chi connectivity index (χ2n) is 9.18. The SMILES string of the molecule is CCNC.N#Cc1ccc(Cl)cc1-c1ccn(C(Cc2ccccc2)C(=O)Nc2ccc(-c3nn[nH]n3)cc2)c(=O)c1. The quantitative estimate of drug-likeness (QED) is 0.238. The highest BCUT2D eigenvalue weighted by Crippen LogP contribution is 2.27. The lowest BCUT2D eigenvalue weighted by molar-refractivity contribution is -0.119. The van der Waals surface area contributed by atoms with E-state index in [4.69, 9.17) is 11.6 Å². The van der Waals surface area contributed by atoms with Crippen LogP contribution in [0.25, 0.3) is 22.5 Å². The van der Waals surface area contributed by atoms with Crippen LogP contribution in [0.2, 0.25) is 5.02 Å². The van der Waals surface area contributed by atoms with Gasteiger partial charge in [-0.15, -0.1) is 10.2 Å². The van der Waals surface area contributed by atoms with Crippen LogP contribution in [0.15, 0.2) is 95.9 Å². The number of nitrogens with zero attached hydrogens (tertiary/aromatic N) is 5. The molecule has 0 spiro atoms. The summed E-state index contributed by atoms with van der Waals surface area (Å²) in [7, 11) is 1.93. The molecule has 3 N–H and O–H groups in total. The molecule has 10 nitrogen and oxygen atoms in total. The Labute approximate surface area is 248 Å². The number of halogens is 1. The van der Waals surface area contributed by atoms with Crippen molar-refractivity contribution in [2.24, 2.45) is 0 Å². The van der Waals surface area contributed by atoms with Gasteiger partial charge in [0, 0.05) is 40.5 Å². The normalized spacial score (nSPS) is 11.1. The summed E-state index contributed by atoms with van der Waals surface area (Å²) in [6.45, 7) is 3.14. The van der Waals surface area contributed by atoms with Crippen molar-refractivity contribution < 1.29 is 4.79 Å². The van der Waals surface area contributed by atoms with Crippen LogP contribution < -0.4 is 16.2 Å². The summed E-state index contributed by atoms with van der Waals surface area (Å²) in [5, 5.41) is 29.6. The molecule has 0 saturated carbocycles. The molecule has 0 bridgehead atoms. The highest BCUT2D eigenvalue weighted by molar-refractivity contribution is 6.30. The maximum absolute atomic E-state index is 13.5. The third kappa shape index (κ3) is 7.54. The standard InChI is InChI=1S/C28H20ClN7O2.C3H9N/c29-22-9-6-21(17-30)24(16-22)20-12-13-36(26(37)15-20)25(14-18-4-2-1-3-5-18)28(38)31-23-10-7-19(8-11-23)27-32-34-35-33-27;1-3-4-2/h1-13,15-16,25H,14H2,(H,31,38)(H,32,33,34,35);4H,3H2,1-2H3. The molecule has 42 heavy (non-hydrogen) atoms. The van der Waals surface area contributed by atoms with Crippen LogP contribution in [0, 0.1) is 11.3 Å². The first-order valence-electron chi connectivity index (χ1n) is 13.2. The van der Waals surface area contributed by atoms with Crippen molar-refractivity contribution in [2.45, 2.75) is 19.4 Å². The van der Waals surface area contributed by atoms with E-state index in [1.807, 2.05) is 37.4 Å². The number of aromatic nitrogens is 5. The molecule has 212 valence electrons. The van der Waals surface area contributed by atoms with Crippen molar-refractivity contribution in [3.05, 3.63) is 118 Å². The van der Waals surface area contributed by atoms with Gasteiger partial charge in [0.1, 0.15) is 6.04 Å². The maximum atomic E-state index is 13.5. The number of tetrazole rings is 1. The number of hydrogen-bond donors (Lipinski definition) is 3. The molecule has 2 aromatic heterocycles. The van der Waals surface area contributed by atoms with Gasteiger partial charge in [0.05, 0.1) is 11.6 Å². The zero-order valence-electron chi connectivity index (χ0n) is 23.1. The predicted octanol–water partition coefficient (Wildman–Crippen LogP) is 4.87. The van der Waals surface area contributed by atoms with Gasteiger partial charge in [0.2, 0.25) is 11.7 Å². The molecular formula is C31H29ClN8O2. The number of hydrogen-bond acceptors (Lipinski definition) is 7. The zero-order valence-corrected chi connectivity index (χ0v) is 23.8. The number of aromatic amines is 1. The Bertz CT molecular complexity index is 1710. The van der Waals surface area contributed by atoms with Gasteiger partial charge in [-0.3, -0.25) is 9.59 Å². The summed E-state index contributed by atoms with van der Waals surface area (Å²) in [6, 6.07) is 25.8. The number of carbonyl (C=O) groups is 1. The van der Waals surface area contributed by atoms with Crippen LogP contribution in [0.3, 0.4) is 0 Å². The minimum Gasteiger partial charge on any atom is -0.324 e. The Kier molecular flexibility index (Phi) is 10.3. The van der Waals surface area contributed by atoms with Crippen molar-refractivity contribution in [1.82, 2.24) is 30.5 Å². The first kappa shape index (κ1) is 29.9. The fourth-order valence-electron chi connectivity index (χ4n) is 4.13. The molecular weight excluding hydrogens is 552 g/mol. The number of nitriles is 1. The van der Waals surface area contributed by atoms with Crippen molar-refractivity contribution in [2.75, 3.05) is 18.9 Å². The molecule has 2 heterocycles. The molecule has 1 unspecified atom stereocenters. The molecule has 0 fully saturated rings. The van der Waals surface area contributed by atoms with E-state index >= 15 is 0 Å². The van der Waals surface area contributed by atoms with E-state index in [0.29, 0.717) is 39.6 Å². The van der Waals surface area contributed by atoms with Gasteiger partial charge in [-0.1, -0.05) is 48.9 Å². The average Bonchev–Trinajstić information content (AvgIpc) is 3.56. The predicted molar refractivity (Wildman–Crippen MR) is 163 cm³/mol. The van der Waals surface area contributed by atoms with E-state index in [-0.39, 0.29) is 11.5 Å². The highest BCUT2D eigenvalue weighted by Gasteiger charge is 2.23. The van der Waals surface area contributed by atoms with E-state index < -0.39 is 6.04 Å². The van der Waals surface area contributed by atoms with Crippen LogP contribution in [0.4, 0.5) is 5.69 Å². The molecule has 0 radical (unpaired) electrons. The first-order valence-corrected chi connectivity index (χ1v) is 13.6. The third-order valence-corrected chi connectivity index (χ3v) is 6.62. The molecule has 0 aliphatic carbocycles. The van der Waals surface area contributed by atoms with E-state index in [2.05, 4.69) is 44.3 Å². The van der Waals surface area contributed by atoms with Crippen LogP contribution >= 0.6 is 11.6 Å². The molecule has 0 saturated heterocycles. The lowest BCUT2D eigenvalue weighted by Crippen LogP contribution is -2.34. The molecule has 5 rings (SSSR count). The molecule has 0 aliphatic heterocycles. The number of H-pyrrole nitrogens is 1. The van der Waals surface area contributed by atoms with Gasteiger partial charge < -0.3 is 15.2 Å². The summed E-state index contributed by atoms with van der Waals surface area (Å²) in [5.41, 5.74) is 3.31. The number of amides is 1. The number of carbonyl (C=O) groups excluding carboxylic acids is 1. The molecule has 3 aromatic carbocycles. The van der Waals surface area contributed by atoms with Crippen LogP contribution in [-0.2, 0) is 11.2 Å². The summed E-state index contributed by atoms with van der Waals surface area (Å²) in [5.74, 6) is 0.0900. The zero-order chi connectivity index (χ0) is 29.9. The number of rotatable bonds is 8. The second kappa shape index (κ2) is 14.5. The lowest BCUT2D eigenvalue weighted by atomic mass is 10.0. The van der Waals surface area contributed by atoms with Gasteiger partial charge in [-0.05, 0) is 78.5 Å². The average molecular weight is 581 g/mol. The minimum absolute atomic E-state index is 0.299. The van der Waals surface area contributed by atoms with Gasteiger partial charge in [-0.2, -0.15) is 10.5 Å². The van der Waals surface area contributed by atoms with Crippen molar-refractivity contribution in [1.29, 1.82) is 5.26 Å². The summed E-state index contributed by atoms with van der Waals surface area (Å²) < 4.78 is 1.40. The van der Waals surface area contributed by atoms with Crippen LogP contribution in [-0.4, -0.2) is 44.7 Å². The maximum Gasteiger partial charge on any atom is 0.251 e. The van der Waals surface area contributed by atoms with E-state index in [1.165, 1.54) is 10.6 Å². The van der Waals surface area contributed by atoms with Gasteiger partial charge >= 0.3 is 0 Å². The Morgan fingerprint density at radius 3 is 2.40 bits per heavy atom. The fourth-order valence-corrected chi connectivity index (χ4v) is 4.31. The number of pyridine rings is 1. The summed E-state index contributed by atoms with van der Waals surface area (Å²) in [6.07, 6.45) is 1.87. The van der Waals surface area contributed by atoms with Crippen LogP contribution in [0.1, 0.15) is 24.1 Å².